The summed E-state index contributed by atoms with van der Waals surface area (Å²) >= 11 is 0. The molecule has 0 aromatic rings. The number of amides is 2. The van der Waals surface area contributed by atoms with Crippen LogP contribution in [0.1, 0.15) is 76.2 Å². The molecule has 0 aromatic heterocycles. The van der Waals surface area contributed by atoms with Gasteiger partial charge < -0.3 is 9.16 Å². The first-order valence-corrected chi connectivity index (χ1v) is 12.0. The minimum atomic E-state index is -2.20. The lowest BCUT2D eigenvalue weighted by atomic mass is 9.89. The molecule has 1 saturated heterocycles. The zero-order valence-corrected chi connectivity index (χ0v) is 19.5. The molecule has 26 heavy (non-hydrogen) atoms. The van der Waals surface area contributed by atoms with Gasteiger partial charge in [-0.05, 0) is 43.3 Å². The maximum absolute atomic E-state index is 12.9. The van der Waals surface area contributed by atoms with Crippen molar-refractivity contribution >= 4 is 20.3 Å². The van der Waals surface area contributed by atoms with Crippen LogP contribution in [0.5, 0.6) is 0 Å². The van der Waals surface area contributed by atoms with E-state index in [1.54, 1.807) is 0 Å². The minimum Gasteiger partial charge on any atom is -0.443 e. The van der Waals surface area contributed by atoms with Crippen LogP contribution in [0.4, 0.5) is 4.79 Å². The molecule has 0 unspecified atom stereocenters. The number of ether oxygens (including phenoxy) is 1. The second kappa shape index (κ2) is 8.01. The van der Waals surface area contributed by atoms with Crippen molar-refractivity contribution in [3.63, 3.8) is 0 Å². The van der Waals surface area contributed by atoms with Crippen molar-refractivity contribution < 1.29 is 18.8 Å². The van der Waals surface area contributed by atoms with Crippen LogP contribution in [0.2, 0.25) is 16.6 Å². The number of nitrogens with zero attached hydrogens (tertiary/aromatic N) is 1. The molecule has 5 nitrogen and oxygen atoms in total. The molecule has 0 aromatic carbocycles. The van der Waals surface area contributed by atoms with Gasteiger partial charge in [-0.15, -0.1) is 0 Å². The number of carbonyl (C=O) groups is 2. The van der Waals surface area contributed by atoms with E-state index in [0.717, 1.165) is 0 Å². The summed E-state index contributed by atoms with van der Waals surface area (Å²) in [6, 6.07) is -0.263. The van der Waals surface area contributed by atoms with Crippen molar-refractivity contribution in [1.82, 2.24) is 4.90 Å². The van der Waals surface area contributed by atoms with Gasteiger partial charge in [-0.3, -0.25) is 4.79 Å². The quantitative estimate of drug-likeness (QED) is 0.457. The summed E-state index contributed by atoms with van der Waals surface area (Å²) in [5.41, 5.74) is 0.535. The molecular weight excluding hydrogens is 346 g/mol. The van der Waals surface area contributed by atoms with Crippen LogP contribution in [-0.4, -0.2) is 43.0 Å². The van der Waals surface area contributed by atoms with E-state index in [9.17, 15) is 9.59 Å². The lowest BCUT2D eigenvalue weighted by molar-refractivity contribution is -0.165. The SMILES string of the molecule is CC(C)[C@H]1[C@@H](O[Si](C(C)C)(C(C)C)C(C)C)C(=O)N1C(=O)OC(C)(C)C. The van der Waals surface area contributed by atoms with Crippen molar-refractivity contribution in [3.8, 4) is 0 Å². The van der Waals surface area contributed by atoms with Crippen LogP contribution >= 0.6 is 0 Å². The highest BCUT2D eigenvalue weighted by atomic mass is 28.4. The molecule has 0 bridgehead atoms. The molecule has 0 N–H and O–H groups in total. The Morgan fingerprint density at radius 1 is 0.962 bits per heavy atom. The smallest absolute Gasteiger partial charge is 0.417 e. The number of hydrogen-bond donors (Lipinski definition) is 0. The Hall–Kier alpha value is -0.883. The summed E-state index contributed by atoms with van der Waals surface area (Å²) in [5, 5.41) is 0. The van der Waals surface area contributed by atoms with Gasteiger partial charge in [0, 0.05) is 0 Å². The van der Waals surface area contributed by atoms with Crippen molar-refractivity contribution in [2.45, 2.75) is 111 Å². The monoisotopic (exact) mass is 385 g/mol. The van der Waals surface area contributed by atoms with Crippen molar-refractivity contribution in [1.29, 1.82) is 0 Å². The summed E-state index contributed by atoms with van der Waals surface area (Å²) in [6.07, 6.45) is -1.10. The van der Waals surface area contributed by atoms with E-state index < -0.39 is 26.1 Å². The third-order valence-electron chi connectivity index (χ3n) is 5.40. The molecule has 0 radical (unpaired) electrons. The average Bonchev–Trinajstić information content (AvgIpc) is 2.41. The van der Waals surface area contributed by atoms with E-state index in [0.29, 0.717) is 16.6 Å². The number of β-lactam (4-membered cyclic amide) rings is 1. The Morgan fingerprint density at radius 3 is 1.69 bits per heavy atom. The van der Waals surface area contributed by atoms with Crippen molar-refractivity contribution in [3.05, 3.63) is 0 Å². The van der Waals surface area contributed by atoms with Gasteiger partial charge in [0.2, 0.25) is 8.32 Å². The van der Waals surface area contributed by atoms with Crippen LogP contribution in [0.25, 0.3) is 0 Å². The molecule has 1 heterocycles. The van der Waals surface area contributed by atoms with Gasteiger partial charge in [0.1, 0.15) is 11.7 Å². The van der Waals surface area contributed by atoms with E-state index in [1.165, 1.54) is 4.90 Å². The number of imide groups is 1. The molecule has 1 rings (SSSR count). The van der Waals surface area contributed by atoms with Gasteiger partial charge in [0.15, 0.2) is 0 Å². The Morgan fingerprint density at radius 2 is 1.38 bits per heavy atom. The Labute approximate surface area is 160 Å². The molecule has 152 valence electrons. The predicted molar refractivity (Wildman–Crippen MR) is 108 cm³/mol. The van der Waals surface area contributed by atoms with Gasteiger partial charge in [0.05, 0.1) is 6.04 Å². The van der Waals surface area contributed by atoms with Crippen molar-refractivity contribution in [2.24, 2.45) is 5.92 Å². The summed E-state index contributed by atoms with van der Waals surface area (Å²) in [6.45, 7) is 22.7. The lowest BCUT2D eigenvalue weighted by Gasteiger charge is -2.53. The Kier molecular flexibility index (Phi) is 7.13. The van der Waals surface area contributed by atoms with Gasteiger partial charge in [-0.1, -0.05) is 55.4 Å². The van der Waals surface area contributed by atoms with Gasteiger partial charge in [-0.2, -0.15) is 0 Å². The standard InChI is InChI=1S/C20H39NO4Si/c1-12(2)16-17(18(22)21(16)19(23)24-20(9,10)11)25-26(13(3)4,14(5)6)15(7)8/h12-17H,1-11H3/t16-,17+/m0/s1. The fourth-order valence-corrected chi connectivity index (χ4v) is 9.90. The molecule has 0 spiro atoms. The first-order valence-electron chi connectivity index (χ1n) is 9.90. The van der Waals surface area contributed by atoms with Crippen LogP contribution in [0, 0.1) is 5.92 Å². The van der Waals surface area contributed by atoms with E-state index in [4.69, 9.17) is 9.16 Å². The van der Waals surface area contributed by atoms with Gasteiger partial charge in [-0.25, -0.2) is 9.69 Å². The molecular formula is C20H39NO4Si. The maximum atomic E-state index is 12.9. The van der Waals surface area contributed by atoms with E-state index in [-0.39, 0.29) is 17.9 Å². The summed E-state index contributed by atoms with van der Waals surface area (Å²) < 4.78 is 12.1. The number of hydrogen-bond acceptors (Lipinski definition) is 4. The largest absolute Gasteiger partial charge is 0.443 e. The molecule has 0 aliphatic carbocycles. The first kappa shape index (κ1) is 23.2. The number of likely N-dealkylation sites (tertiary alicyclic amines) is 1. The summed E-state index contributed by atoms with van der Waals surface area (Å²) in [5.74, 6) is -0.139. The first-order chi connectivity index (χ1) is 11.7. The van der Waals surface area contributed by atoms with E-state index >= 15 is 0 Å². The normalized spacial score (nSPS) is 21.8. The number of carbonyl (C=O) groups excluding carboxylic acids is 2. The topological polar surface area (TPSA) is 55.8 Å². The minimum absolute atomic E-state index is 0.114. The zero-order valence-electron chi connectivity index (χ0n) is 18.5. The molecule has 1 aliphatic rings. The molecule has 2 atom stereocenters. The fourth-order valence-electron chi connectivity index (χ4n) is 4.40. The Bertz CT molecular complexity index is 501. The summed E-state index contributed by atoms with van der Waals surface area (Å²) in [7, 11) is -2.20. The Balaban J connectivity index is 3.14. The third-order valence-corrected chi connectivity index (χ3v) is 11.5. The second-order valence-electron chi connectivity index (χ2n) is 9.78. The lowest BCUT2D eigenvalue weighted by Crippen LogP contribution is -2.72. The van der Waals surface area contributed by atoms with E-state index in [2.05, 4.69) is 41.5 Å². The fraction of sp³-hybridized carbons (Fsp3) is 0.900. The third kappa shape index (κ3) is 4.33. The second-order valence-corrected chi connectivity index (χ2v) is 15.2. The van der Waals surface area contributed by atoms with E-state index in [1.807, 2.05) is 34.6 Å². The number of rotatable bonds is 6. The molecule has 1 fully saturated rings. The molecule has 2 amide bonds. The van der Waals surface area contributed by atoms with Crippen molar-refractivity contribution in [2.75, 3.05) is 0 Å². The molecule has 1 aliphatic heterocycles. The average molecular weight is 386 g/mol. The highest BCUT2D eigenvalue weighted by Gasteiger charge is 2.58. The zero-order chi connectivity index (χ0) is 20.6. The highest BCUT2D eigenvalue weighted by molar-refractivity contribution is 6.77. The predicted octanol–water partition coefficient (Wildman–Crippen LogP) is 5.35. The van der Waals surface area contributed by atoms with Crippen LogP contribution in [0.3, 0.4) is 0 Å². The molecule has 0 saturated carbocycles. The van der Waals surface area contributed by atoms with Gasteiger partial charge in [0.25, 0.3) is 5.91 Å². The van der Waals surface area contributed by atoms with Crippen LogP contribution < -0.4 is 0 Å². The maximum Gasteiger partial charge on any atom is 0.417 e. The highest BCUT2D eigenvalue weighted by Crippen LogP contribution is 2.45. The summed E-state index contributed by atoms with van der Waals surface area (Å²) in [4.78, 5) is 26.7. The van der Waals surface area contributed by atoms with Gasteiger partial charge >= 0.3 is 6.09 Å². The van der Waals surface area contributed by atoms with Crippen LogP contribution in [0.15, 0.2) is 0 Å². The van der Waals surface area contributed by atoms with Crippen LogP contribution in [-0.2, 0) is 14.0 Å². The molecule has 6 heteroatoms.